The highest BCUT2D eigenvalue weighted by atomic mass is 19.4. The summed E-state index contributed by atoms with van der Waals surface area (Å²) < 4.78 is 55.5. The van der Waals surface area contributed by atoms with Gasteiger partial charge in [0, 0.05) is 29.3 Å². The molecule has 0 fully saturated rings. The number of carboxylic acid groups (broad SMARTS) is 1. The average Bonchev–Trinajstić information content (AvgIpc) is 3.17. The monoisotopic (exact) mass is 555 g/mol. The molecular weight excluding hydrogens is 527 g/mol. The lowest BCUT2D eigenvalue weighted by molar-refractivity contribution is -0.274. The summed E-state index contributed by atoms with van der Waals surface area (Å²) in [5.74, 6) is -1.16. The smallest absolute Gasteiger partial charge is 0.497 e. The van der Waals surface area contributed by atoms with Crippen molar-refractivity contribution in [1.82, 2.24) is 4.57 Å². The summed E-state index contributed by atoms with van der Waals surface area (Å²) in [5, 5.41) is 9.72. The van der Waals surface area contributed by atoms with Crippen LogP contribution in [0.25, 0.3) is 10.9 Å². The number of fused-ring (bicyclic) bond motifs is 1. The van der Waals surface area contributed by atoms with Crippen LogP contribution in [0.15, 0.2) is 66.7 Å². The minimum Gasteiger partial charge on any atom is -0.497 e. The molecule has 0 radical (unpaired) electrons. The van der Waals surface area contributed by atoms with Gasteiger partial charge in [-0.15, -0.1) is 13.2 Å². The second-order valence-corrected chi connectivity index (χ2v) is 9.75. The number of carbonyl (C=O) groups excluding carboxylic acids is 1. The van der Waals surface area contributed by atoms with Crippen LogP contribution in [0.4, 0.5) is 13.2 Å². The first-order valence-corrected chi connectivity index (χ1v) is 12.3. The van der Waals surface area contributed by atoms with E-state index in [0.29, 0.717) is 33.5 Å². The van der Waals surface area contributed by atoms with Gasteiger partial charge >= 0.3 is 12.3 Å². The Bertz CT molecular complexity index is 1540. The quantitative estimate of drug-likeness (QED) is 0.224. The first kappa shape index (κ1) is 28.7. The summed E-state index contributed by atoms with van der Waals surface area (Å²) in [5.41, 5.74) is 1.99. The molecule has 0 bridgehead atoms. The molecular formula is C30H28F3NO6. The number of benzene rings is 3. The minimum atomic E-state index is -4.87. The SMILES string of the molecule is COc1ccc(C(=O)c2c(C)n(Cc3ccc(COC(C)(C)C(=O)O)cc3)c3cc(OC(F)(F)F)ccc23)cc1. The van der Waals surface area contributed by atoms with Crippen molar-refractivity contribution in [1.29, 1.82) is 0 Å². The number of aliphatic carboxylic acids is 1. The van der Waals surface area contributed by atoms with E-state index in [1.807, 2.05) is 12.1 Å². The highest BCUT2D eigenvalue weighted by Gasteiger charge is 2.32. The maximum absolute atomic E-state index is 13.6. The van der Waals surface area contributed by atoms with E-state index in [9.17, 15) is 27.9 Å². The van der Waals surface area contributed by atoms with E-state index in [2.05, 4.69) is 4.74 Å². The van der Waals surface area contributed by atoms with E-state index in [1.165, 1.54) is 39.2 Å². The van der Waals surface area contributed by atoms with Gasteiger partial charge in [0.15, 0.2) is 11.4 Å². The van der Waals surface area contributed by atoms with E-state index in [0.717, 1.165) is 11.1 Å². The zero-order chi connectivity index (χ0) is 29.2. The fraction of sp³-hybridized carbons (Fsp3) is 0.267. The molecule has 1 N–H and O–H groups in total. The molecule has 10 heteroatoms. The van der Waals surface area contributed by atoms with Crippen molar-refractivity contribution in [2.45, 2.75) is 45.9 Å². The zero-order valence-corrected chi connectivity index (χ0v) is 22.3. The van der Waals surface area contributed by atoms with Gasteiger partial charge in [-0.3, -0.25) is 4.79 Å². The van der Waals surface area contributed by atoms with Crippen molar-refractivity contribution in [3.05, 3.63) is 94.7 Å². The van der Waals surface area contributed by atoms with Crippen LogP contribution in [0.5, 0.6) is 11.5 Å². The maximum Gasteiger partial charge on any atom is 0.573 e. The van der Waals surface area contributed by atoms with Crippen LogP contribution in [-0.2, 0) is 22.7 Å². The Morgan fingerprint density at radius 3 is 2.08 bits per heavy atom. The number of ketones is 1. The standard InChI is InChI=1S/C30H28F3NO6/c1-18-26(27(35)21-9-11-22(38-4)12-10-21)24-14-13-23(40-30(31,32)33)15-25(24)34(18)16-19-5-7-20(8-6-19)17-39-29(2,3)28(36)37/h5-15H,16-17H2,1-4H3,(H,36,37). The van der Waals surface area contributed by atoms with E-state index < -0.39 is 23.7 Å². The predicted molar refractivity (Wildman–Crippen MR) is 142 cm³/mol. The number of ether oxygens (including phenoxy) is 3. The topological polar surface area (TPSA) is 87.0 Å². The number of hydrogen-bond donors (Lipinski definition) is 1. The third kappa shape index (κ3) is 6.28. The normalized spacial score (nSPS) is 12.0. The molecule has 0 aliphatic carbocycles. The Hall–Kier alpha value is -4.31. The Morgan fingerprint density at radius 1 is 0.900 bits per heavy atom. The van der Waals surface area contributed by atoms with Crippen LogP contribution in [0.2, 0.25) is 0 Å². The molecule has 0 atom stereocenters. The average molecular weight is 556 g/mol. The van der Waals surface area contributed by atoms with Crippen LogP contribution < -0.4 is 9.47 Å². The number of carboxylic acids is 1. The maximum atomic E-state index is 13.6. The lowest BCUT2D eigenvalue weighted by Gasteiger charge is -2.20. The van der Waals surface area contributed by atoms with Crippen molar-refractivity contribution in [3.8, 4) is 11.5 Å². The van der Waals surface area contributed by atoms with Crippen molar-refractivity contribution >= 4 is 22.7 Å². The van der Waals surface area contributed by atoms with Crippen LogP contribution in [0, 0.1) is 6.92 Å². The van der Waals surface area contributed by atoms with Gasteiger partial charge in [-0.1, -0.05) is 24.3 Å². The van der Waals surface area contributed by atoms with Crippen molar-refractivity contribution in [2.24, 2.45) is 0 Å². The summed E-state index contributed by atoms with van der Waals surface area (Å²) in [7, 11) is 1.52. The third-order valence-electron chi connectivity index (χ3n) is 6.59. The number of hydrogen-bond acceptors (Lipinski definition) is 5. The molecule has 4 aromatic rings. The predicted octanol–water partition coefficient (Wildman–Crippen LogP) is 6.52. The van der Waals surface area contributed by atoms with E-state index in [1.54, 1.807) is 47.9 Å². The summed E-state index contributed by atoms with van der Waals surface area (Å²) in [6, 6.07) is 17.7. The largest absolute Gasteiger partial charge is 0.573 e. The zero-order valence-electron chi connectivity index (χ0n) is 22.3. The number of rotatable bonds is 10. The molecule has 0 aliphatic rings. The molecule has 4 rings (SSSR count). The first-order chi connectivity index (χ1) is 18.8. The van der Waals surface area contributed by atoms with Gasteiger partial charge in [-0.25, -0.2) is 4.79 Å². The molecule has 40 heavy (non-hydrogen) atoms. The van der Waals surface area contributed by atoms with Gasteiger partial charge in [-0.2, -0.15) is 0 Å². The summed E-state index contributed by atoms with van der Waals surface area (Å²) >= 11 is 0. The van der Waals surface area contributed by atoms with Gasteiger partial charge in [-0.05, 0) is 68.3 Å². The molecule has 0 amide bonds. The number of nitrogens with zero attached hydrogens (tertiary/aromatic N) is 1. The fourth-order valence-corrected chi connectivity index (χ4v) is 4.28. The van der Waals surface area contributed by atoms with Crippen LogP contribution in [0.1, 0.15) is 46.6 Å². The molecule has 0 unspecified atom stereocenters. The van der Waals surface area contributed by atoms with Crippen LogP contribution >= 0.6 is 0 Å². The van der Waals surface area contributed by atoms with E-state index in [4.69, 9.17) is 9.47 Å². The molecule has 0 spiro atoms. The second kappa shape index (κ2) is 11.1. The van der Waals surface area contributed by atoms with Gasteiger partial charge in [0.05, 0.1) is 24.8 Å². The minimum absolute atomic E-state index is 0.0870. The van der Waals surface area contributed by atoms with Gasteiger partial charge in [0.1, 0.15) is 11.5 Å². The Balaban J connectivity index is 1.71. The summed E-state index contributed by atoms with van der Waals surface area (Å²) in [4.78, 5) is 24.9. The molecule has 0 saturated carbocycles. The lowest BCUT2D eigenvalue weighted by atomic mass is 10.0. The second-order valence-electron chi connectivity index (χ2n) is 9.75. The van der Waals surface area contributed by atoms with E-state index in [-0.39, 0.29) is 18.9 Å². The first-order valence-electron chi connectivity index (χ1n) is 12.3. The lowest BCUT2D eigenvalue weighted by Crippen LogP contribution is -2.34. The molecule has 1 heterocycles. The van der Waals surface area contributed by atoms with Crippen molar-refractivity contribution < 1.29 is 42.1 Å². The third-order valence-corrected chi connectivity index (χ3v) is 6.59. The number of alkyl halides is 3. The molecule has 0 saturated heterocycles. The number of methoxy groups -OCH3 is 1. The van der Waals surface area contributed by atoms with Crippen molar-refractivity contribution in [2.75, 3.05) is 7.11 Å². The Kier molecular flexibility index (Phi) is 7.93. The van der Waals surface area contributed by atoms with Gasteiger partial charge in [0.25, 0.3) is 0 Å². The van der Waals surface area contributed by atoms with Gasteiger partial charge in [0.2, 0.25) is 0 Å². The Labute approximate surface area is 228 Å². The Morgan fingerprint density at radius 2 is 1.50 bits per heavy atom. The molecule has 1 aromatic heterocycles. The summed E-state index contributed by atoms with van der Waals surface area (Å²) in [6.07, 6.45) is -4.87. The van der Waals surface area contributed by atoms with E-state index >= 15 is 0 Å². The molecule has 0 aliphatic heterocycles. The number of halogens is 3. The molecule has 210 valence electrons. The number of aromatic nitrogens is 1. The molecule has 7 nitrogen and oxygen atoms in total. The fourth-order valence-electron chi connectivity index (χ4n) is 4.28. The number of carbonyl (C=O) groups is 2. The summed E-state index contributed by atoms with van der Waals surface area (Å²) in [6.45, 7) is 5.02. The van der Waals surface area contributed by atoms with Crippen LogP contribution in [0.3, 0.4) is 0 Å². The highest BCUT2D eigenvalue weighted by Crippen LogP contribution is 2.34. The highest BCUT2D eigenvalue weighted by molar-refractivity contribution is 6.17. The van der Waals surface area contributed by atoms with Gasteiger partial charge < -0.3 is 23.9 Å². The van der Waals surface area contributed by atoms with Crippen molar-refractivity contribution in [3.63, 3.8) is 0 Å². The van der Waals surface area contributed by atoms with Crippen LogP contribution in [-0.4, -0.2) is 40.5 Å². The molecule has 3 aromatic carbocycles.